The van der Waals surface area contributed by atoms with E-state index in [-0.39, 0.29) is 134 Å². The number of ether oxygens (including phenoxy) is 14. The molecule has 0 aromatic heterocycles. The minimum absolute atomic E-state index is 0.0108. The summed E-state index contributed by atoms with van der Waals surface area (Å²) >= 11 is 0. The highest BCUT2D eigenvalue weighted by molar-refractivity contribution is 5.90. The number of carbonyl (C=O) groups excluding carboxylic acids is 9. The molecule has 0 spiro atoms. The van der Waals surface area contributed by atoms with Gasteiger partial charge in [0.05, 0.1) is 72.1 Å². The maximum absolute atomic E-state index is 13.9. The highest BCUT2D eigenvalue weighted by atomic mass is 16.8. The molecular weight excluding hydrogens is 1870 g/mol. The normalized spacial score (nSPS) is 35.6. The Morgan fingerprint density at radius 3 is 0.957 bits per heavy atom. The topological polar surface area (TPSA) is 867 Å². The number of nitrogens with one attached hydrogen (secondary N) is 6. The van der Waals surface area contributed by atoms with Crippen LogP contribution in [0.1, 0.15) is 155 Å². The van der Waals surface area contributed by atoms with E-state index in [0.29, 0.717) is 57.9 Å². The molecular formula is C85H147N7O47. The number of ketones is 3. The molecule has 0 bridgehead atoms. The fourth-order valence-corrected chi connectivity index (χ4v) is 16.3. The van der Waals surface area contributed by atoms with E-state index in [4.69, 9.17) is 72.0 Å². The van der Waals surface area contributed by atoms with Crippen LogP contribution in [0.4, 0.5) is 0 Å². The SMILES string of the molecule is CC(=O)[C@H](CCCCN)NC(=O)CCCCC(=O)N[C@@H](CCC(=O)CCCCCCC(=O)NCCO[C@H]1O[C@H](CO[C@H]2O[C@H](CO)[C@@H](O)[C@H](O)[C@@H]2O)[C@@H](O)[C@H](O[C@H]2O[C@H](CO)[C@@H](O)[C@H](O)[C@@H]2O)[C@@H]1O)C(=O)NCCCCCC(=O)N[C@@H](CCC(=O)CCCO[C@H]1O[C@H](CO[C@H]2O[C@H](CO)[C@@H](O)[C@H](O)[C@@H]2O)[C@@H](O)[C@H](O[C@H]2O[C@H](CO)[C@@H](O)[C@H](O)[C@@H]2O)[C@@H]1O)C(=O)NCCO[C@H]1O[C@H](CO)[C@@H](O)[C@@H](O)[C@@H]1O. The summed E-state index contributed by atoms with van der Waals surface area (Å²) in [6.07, 6.45) is -58.9. The number of hydrogen-bond donors (Lipinski definition) is 31. The van der Waals surface area contributed by atoms with Crippen LogP contribution in [0, 0.1) is 0 Å². The molecule has 7 aliphatic heterocycles. The number of aliphatic hydroxyl groups excluding tert-OH is 24. The molecule has 54 heteroatoms. The average molecular weight is 2020 g/mol. The molecule has 7 aliphatic rings. The Kier molecular flexibility index (Phi) is 53.3. The number of aliphatic hydroxyl groups is 24. The Labute approximate surface area is 799 Å². The van der Waals surface area contributed by atoms with E-state index in [1.807, 2.05) is 0 Å². The molecule has 6 amide bonds. The van der Waals surface area contributed by atoms with Crippen molar-refractivity contribution < 1.29 is 232 Å². The Morgan fingerprint density at radius 1 is 0.273 bits per heavy atom. The van der Waals surface area contributed by atoms with Gasteiger partial charge in [0.25, 0.3) is 0 Å². The predicted octanol–water partition coefficient (Wildman–Crippen LogP) is -14.8. The third kappa shape index (κ3) is 36.7. The third-order valence-electron chi connectivity index (χ3n) is 24.8. The van der Waals surface area contributed by atoms with Crippen LogP contribution in [0.2, 0.25) is 0 Å². The van der Waals surface area contributed by atoms with Gasteiger partial charge in [-0.05, 0) is 90.5 Å². The molecule has 139 heavy (non-hydrogen) atoms. The summed E-state index contributed by atoms with van der Waals surface area (Å²) in [6, 6.07) is -3.32. The zero-order chi connectivity index (χ0) is 102. The van der Waals surface area contributed by atoms with Crippen LogP contribution >= 0.6 is 0 Å². The van der Waals surface area contributed by atoms with Crippen molar-refractivity contribution in [3.8, 4) is 0 Å². The number of nitrogens with two attached hydrogens (primary N) is 1. The van der Waals surface area contributed by atoms with Gasteiger partial charge in [0.15, 0.2) is 49.8 Å². The van der Waals surface area contributed by atoms with Gasteiger partial charge in [-0.25, -0.2) is 0 Å². The number of hydrogen-bond acceptors (Lipinski definition) is 48. The van der Waals surface area contributed by atoms with E-state index in [1.165, 1.54) is 6.92 Å². The minimum atomic E-state index is -2.03. The van der Waals surface area contributed by atoms with Gasteiger partial charge in [0.2, 0.25) is 35.4 Å². The number of rotatable bonds is 62. The van der Waals surface area contributed by atoms with Crippen molar-refractivity contribution in [2.45, 2.75) is 388 Å². The molecule has 0 aromatic carbocycles. The van der Waals surface area contributed by atoms with Crippen molar-refractivity contribution in [2.75, 3.05) is 92.2 Å². The van der Waals surface area contributed by atoms with Crippen molar-refractivity contribution >= 4 is 52.8 Å². The second-order valence-electron chi connectivity index (χ2n) is 35.4. The van der Waals surface area contributed by atoms with E-state index in [0.717, 1.165) is 0 Å². The van der Waals surface area contributed by atoms with Crippen LogP contribution in [0.5, 0.6) is 0 Å². The van der Waals surface area contributed by atoms with Crippen molar-refractivity contribution in [3.63, 3.8) is 0 Å². The quantitative estimate of drug-likeness (QED) is 0.0251. The highest BCUT2D eigenvalue weighted by Crippen LogP contribution is 2.35. The smallest absolute Gasteiger partial charge is 0.242 e. The lowest BCUT2D eigenvalue weighted by atomic mass is 9.96. The number of amides is 6. The maximum Gasteiger partial charge on any atom is 0.242 e. The van der Waals surface area contributed by atoms with Crippen molar-refractivity contribution in [1.82, 2.24) is 31.9 Å². The summed E-state index contributed by atoms with van der Waals surface area (Å²) in [5.74, 6) is -4.49. The Balaban J connectivity index is 0.889. The molecule has 804 valence electrons. The first-order valence-corrected chi connectivity index (χ1v) is 47.1. The standard InChI is InChI=1S/C85H147N7O47/c1-39(98)42(16-10-11-25-86)90-53(102)19-8-9-20-55(104)91-43(23-21-40(99)14-5-2-3-6-17-52(101)87-27-30-128-83-74(123)76(139-85-72(121)67(116)60(109)49(36-97)135-85)62(111)51(137-83)38-130-81-70(119)65(114)58(107)47(34-95)133-81)77(124)88-26-12-4-7-18-54(103)92-44(78(125)89-28-31-127-79-68(117)63(112)56(105)45(32-93)131-79)24-22-41(100)15-13-29-126-82-73(122)75(138-84-71(120)66(115)59(108)48(35-96)134-84)61(110)50(136-82)37-129-80-69(118)64(113)57(106)46(33-94)132-80/h42-51,56-76,79-85,93-97,105-123H,2-38,86H2,1H3,(H,87,101)(H,88,124)(H,89,125)(H,90,102)(H,91,104)(H,92,103)/t42-,43-,44-,45+,46+,47+,48+,49+,50+,51+,56+,57+,58+,59+,60+,61+,62+,63+,64-,65-,66-,67-,68-,69-,70-,71-,72-,73-,74-,75-,76-,79-,80-,81-,82-,83-,84+,85+/m0/s1. The van der Waals surface area contributed by atoms with Crippen LogP contribution in [-0.2, 0) is 109 Å². The summed E-state index contributed by atoms with van der Waals surface area (Å²) in [4.78, 5) is 120. The first-order valence-electron chi connectivity index (χ1n) is 47.1. The number of Topliss-reactive ketones (excluding diaryl/α,β-unsaturated/α-hetero) is 3. The highest BCUT2D eigenvalue weighted by Gasteiger charge is 2.56. The van der Waals surface area contributed by atoms with E-state index in [1.54, 1.807) is 0 Å². The van der Waals surface area contributed by atoms with Crippen LogP contribution in [0.3, 0.4) is 0 Å². The summed E-state index contributed by atoms with van der Waals surface area (Å²) in [6.45, 7) is -5.45. The third-order valence-corrected chi connectivity index (χ3v) is 24.8. The minimum Gasteiger partial charge on any atom is -0.394 e. The van der Waals surface area contributed by atoms with Crippen LogP contribution < -0.4 is 37.6 Å². The van der Waals surface area contributed by atoms with E-state index in [9.17, 15) is 166 Å². The fourth-order valence-electron chi connectivity index (χ4n) is 16.3. The van der Waals surface area contributed by atoms with Crippen molar-refractivity contribution in [3.05, 3.63) is 0 Å². The van der Waals surface area contributed by atoms with Gasteiger partial charge in [-0.2, -0.15) is 0 Å². The lowest BCUT2D eigenvalue weighted by Crippen LogP contribution is -2.65. The Bertz CT molecular complexity index is 3630. The number of carbonyl (C=O) groups is 9. The van der Waals surface area contributed by atoms with E-state index >= 15 is 0 Å². The van der Waals surface area contributed by atoms with E-state index < -0.39 is 334 Å². The molecule has 0 saturated carbocycles. The molecule has 54 nitrogen and oxygen atoms in total. The van der Waals surface area contributed by atoms with Gasteiger partial charge in [0.1, 0.15) is 195 Å². The lowest BCUT2D eigenvalue weighted by molar-refractivity contribution is -0.366. The molecule has 0 radical (unpaired) electrons. The van der Waals surface area contributed by atoms with Crippen molar-refractivity contribution in [1.29, 1.82) is 0 Å². The largest absolute Gasteiger partial charge is 0.394 e. The lowest BCUT2D eigenvalue weighted by Gasteiger charge is -2.46. The fraction of sp³-hybridized carbons (Fsp3) is 0.894. The van der Waals surface area contributed by atoms with Gasteiger partial charge < -0.3 is 227 Å². The molecule has 0 aliphatic carbocycles. The Morgan fingerprint density at radius 2 is 0.576 bits per heavy atom. The Hall–Kier alpha value is -5.73. The van der Waals surface area contributed by atoms with Gasteiger partial charge >= 0.3 is 0 Å². The molecule has 0 aromatic rings. The first kappa shape index (κ1) is 120. The molecule has 32 N–H and O–H groups in total. The zero-order valence-electron chi connectivity index (χ0n) is 77.3. The first-order chi connectivity index (χ1) is 66.2. The monoisotopic (exact) mass is 2020 g/mol. The second kappa shape index (κ2) is 61.7. The summed E-state index contributed by atoms with van der Waals surface area (Å²) in [7, 11) is 0. The van der Waals surface area contributed by atoms with Gasteiger partial charge in [-0.1, -0.05) is 19.3 Å². The molecule has 7 heterocycles. The molecule has 0 unspecified atom stereocenters. The average Bonchev–Trinajstić information content (AvgIpc) is 0.779. The van der Waals surface area contributed by atoms with Crippen LogP contribution in [0.15, 0.2) is 0 Å². The van der Waals surface area contributed by atoms with Gasteiger partial charge in [0, 0.05) is 71.0 Å². The van der Waals surface area contributed by atoms with Crippen molar-refractivity contribution in [2.24, 2.45) is 5.73 Å². The molecule has 7 fully saturated rings. The van der Waals surface area contributed by atoms with Crippen LogP contribution in [0.25, 0.3) is 0 Å². The van der Waals surface area contributed by atoms with Gasteiger partial charge in [-0.3, -0.25) is 43.2 Å². The summed E-state index contributed by atoms with van der Waals surface area (Å²) in [5, 5.41) is 267. The summed E-state index contributed by atoms with van der Waals surface area (Å²) in [5.41, 5.74) is 5.59. The van der Waals surface area contributed by atoms with Gasteiger partial charge in [-0.15, -0.1) is 0 Å². The second-order valence-corrected chi connectivity index (χ2v) is 35.4. The predicted molar refractivity (Wildman–Crippen MR) is 460 cm³/mol. The molecule has 7 saturated heterocycles. The molecule has 7 rings (SSSR count). The van der Waals surface area contributed by atoms with Crippen LogP contribution in [-0.4, -0.2) is 501 Å². The number of unbranched alkanes of at least 4 members (excludes halogenated alkanes) is 7. The molecule has 38 atom stereocenters. The van der Waals surface area contributed by atoms with E-state index in [2.05, 4.69) is 31.9 Å². The maximum atomic E-state index is 13.9. The summed E-state index contributed by atoms with van der Waals surface area (Å²) < 4.78 is 78.3. The zero-order valence-corrected chi connectivity index (χ0v) is 77.3.